The Bertz CT molecular complexity index is 2680. The molecule has 2 atom stereocenters. The van der Waals surface area contributed by atoms with Crippen molar-refractivity contribution in [1.82, 2.24) is 29.9 Å². The van der Waals surface area contributed by atoms with Gasteiger partial charge in [-0.1, -0.05) is 45.6 Å². The molecule has 6 aromatic heterocycles. The second kappa shape index (κ2) is 35.2. The fourth-order valence-electron chi connectivity index (χ4n) is 8.00. The minimum absolute atomic E-state index is 0. The molecule has 0 saturated heterocycles. The molecular formula is C53H78ClN6O9PdS3Sn-. The Morgan fingerprint density at radius 1 is 0.595 bits per heavy atom. The van der Waals surface area contributed by atoms with E-state index in [9.17, 15) is 19.5 Å². The normalized spacial score (nSPS) is 11.6. The number of hydrogen-bond donors (Lipinski definition) is 1. The third-order valence-electron chi connectivity index (χ3n) is 11.4. The number of aromatic nitrogens is 6. The minimum atomic E-state index is -2.24. The maximum atomic E-state index is 12.1. The van der Waals surface area contributed by atoms with Crippen LogP contribution in [0.1, 0.15) is 177 Å². The van der Waals surface area contributed by atoms with Gasteiger partial charge in [-0.25, -0.2) is 44.3 Å². The Labute approximate surface area is 473 Å². The maximum Gasteiger partial charge on any atom is 0.341 e. The quantitative estimate of drug-likeness (QED) is 0.0275. The van der Waals surface area contributed by atoms with Gasteiger partial charge in [-0.05, 0) is 62.3 Å². The average Bonchev–Trinajstić information content (AvgIpc) is 4.06. The van der Waals surface area contributed by atoms with Crippen LogP contribution in [0.2, 0.25) is 18.3 Å². The number of carbonyl (C=O) groups excluding carboxylic acids is 2. The molecule has 0 saturated carbocycles. The number of carboxylic acids is 1. The van der Waals surface area contributed by atoms with Gasteiger partial charge in [0.15, 0.2) is 0 Å². The van der Waals surface area contributed by atoms with Crippen molar-refractivity contribution in [2.24, 2.45) is 0 Å². The number of aromatic carboxylic acids is 1. The Balaban J connectivity index is 0.000000490. The van der Waals surface area contributed by atoms with Crippen LogP contribution in [0.5, 0.6) is 0 Å². The molecule has 0 radical (unpaired) electrons. The van der Waals surface area contributed by atoms with E-state index in [2.05, 4.69) is 64.2 Å². The first-order chi connectivity index (χ1) is 34.4. The number of carboxylic acid groups (broad SMARTS) is 1. The fraction of sp³-hybridized carbons (Fsp3) is 0.547. The summed E-state index contributed by atoms with van der Waals surface area (Å²) in [5.41, 5.74) is 4.17. The first kappa shape index (κ1) is 68.8. The molecule has 6 rings (SSSR count). The van der Waals surface area contributed by atoms with Crippen LogP contribution in [0.4, 0.5) is 0 Å². The molecule has 0 aromatic carbocycles. The number of nitrogens with zero attached hydrogens (tertiary/aromatic N) is 6. The van der Waals surface area contributed by atoms with Gasteiger partial charge in [-0.2, -0.15) is 0 Å². The number of unbranched alkanes of at least 4 members (excludes halogenated alkanes) is 3. The summed E-state index contributed by atoms with van der Waals surface area (Å²) in [6.07, 6.45) is 11.9. The summed E-state index contributed by atoms with van der Waals surface area (Å²) >= 11 is 8.24. The van der Waals surface area contributed by atoms with E-state index in [1.165, 1.54) is 102 Å². The van der Waals surface area contributed by atoms with Gasteiger partial charge in [-0.15, -0.1) is 0 Å². The van der Waals surface area contributed by atoms with Crippen LogP contribution in [-0.4, -0.2) is 104 Å². The smallest absolute Gasteiger partial charge is 0.341 e. The van der Waals surface area contributed by atoms with Crippen LogP contribution < -0.4 is 0 Å². The largest absolute Gasteiger partial charge is 0.478 e. The third kappa shape index (κ3) is 19.3. The summed E-state index contributed by atoms with van der Waals surface area (Å²) in [5, 5.41) is 12.2. The number of aryl methyl sites for hydroxylation is 3. The van der Waals surface area contributed by atoms with E-state index in [0.29, 0.717) is 53.6 Å². The number of hydrogen-bond acceptors (Lipinski definition) is 17. The van der Waals surface area contributed by atoms with E-state index in [1.807, 2.05) is 48.5 Å². The number of fused-ring (bicyclic) bond motifs is 3. The average molecular weight is 1300 g/mol. The summed E-state index contributed by atoms with van der Waals surface area (Å²) in [6, 6.07) is 0. The van der Waals surface area contributed by atoms with Gasteiger partial charge in [0.1, 0.15) is 31.0 Å². The van der Waals surface area contributed by atoms with Crippen LogP contribution in [0.25, 0.3) is 31.0 Å². The Morgan fingerprint density at radius 3 is 1.32 bits per heavy atom. The molecular weight excluding hydrogens is 1220 g/mol. The van der Waals surface area contributed by atoms with Crippen molar-refractivity contribution in [2.45, 2.75) is 154 Å². The van der Waals surface area contributed by atoms with Crippen molar-refractivity contribution in [2.75, 3.05) is 33.0 Å². The molecule has 0 bridgehead atoms. The first-order valence-corrected chi connectivity index (χ1v) is 35.3. The van der Waals surface area contributed by atoms with Gasteiger partial charge >= 0.3 is 138 Å². The first-order valence-electron chi connectivity index (χ1n) is 25.0. The zero-order valence-corrected chi connectivity index (χ0v) is 53.4. The molecule has 21 heteroatoms. The zero-order chi connectivity index (χ0) is 53.5. The minimum Gasteiger partial charge on any atom is -0.478 e. The summed E-state index contributed by atoms with van der Waals surface area (Å²) < 4.78 is 32.7. The van der Waals surface area contributed by atoms with Gasteiger partial charge < -0.3 is 31.5 Å². The monoisotopic (exact) mass is 1300 g/mol. The SMILES string of the molecule is C=[C](OCC)[Sn]([CH2]CCC)([CH2]CCC)[CH2]CCC.CCOC(=O)c1cnc2sc(C)nc2c1C(C)OCC.CCOC(=O)c1cnc2sc(C)nc2c1Cl.CCOC(C)c1c(C(=O)O)cnc2sc(C)nc12.[CH3-].[Pd]. The molecule has 0 amide bonds. The molecule has 2 unspecified atom stereocenters. The van der Waals surface area contributed by atoms with E-state index in [0.717, 1.165) is 47.2 Å². The van der Waals surface area contributed by atoms with E-state index in [1.54, 1.807) is 20.0 Å². The van der Waals surface area contributed by atoms with Gasteiger partial charge in [0, 0.05) is 63.4 Å². The number of ether oxygens (including phenoxy) is 5. The van der Waals surface area contributed by atoms with Crippen molar-refractivity contribution >= 4 is 113 Å². The van der Waals surface area contributed by atoms with Crippen LogP contribution in [0, 0.1) is 28.2 Å². The predicted octanol–water partition coefficient (Wildman–Crippen LogP) is 15.3. The summed E-state index contributed by atoms with van der Waals surface area (Å²) in [7, 11) is 0. The number of thiazole rings is 3. The van der Waals surface area contributed by atoms with Crippen molar-refractivity contribution in [3.63, 3.8) is 0 Å². The van der Waals surface area contributed by atoms with Gasteiger partial charge in [0.05, 0.1) is 62.2 Å². The van der Waals surface area contributed by atoms with Crippen LogP contribution in [-0.2, 0) is 44.1 Å². The van der Waals surface area contributed by atoms with Gasteiger partial charge in [0.25, 0.3) is 0 Å². The molecule has 0 aliphatic carbocycles. The van der Waals surface area contributed by atoms with E-state index in [4.69, 9.17) is 35.3 Å². The van der Waals surface area contributed by atoms with E-state index in [-0.39, 0.29) is 57.2 Å². The van der Waals surface area contributed by atoms with Crippen molar-refractivity contribution in [3.05, 3.63) is 84.2 Å². The van der Waals surface area contributed by atoms with E-state index >= 15 is 0 Å². The number of halogens is 1. The van der Waals surface area contributed by atoms with Crippen LogP contribution >= 0.6 is 45.6 Å². The Hall–Kier alpha value is -3.26. The molecule has 0 spiro atoms. The van der Waals surface area contributed by atoms with Gasteiger partial charge in [-0.3, -0.25) is 0 Å². The maximum absolute atomic E-state index is 12.1. The van der Waals surface area contributed by atoms with Crippen molar-refractivity contribution in [1.29, 1.82) is 0 Å². The Kier molecular flexibility index (Phi) is 32.7. The predicted molar refractivity (Wildman–Crippen MR) is 302 cm³/mol. The zero-order valence-electron chi connectivity index (χ0n) is 45.8. The standard InChI is InChI=1S/C14H18N2O3S.C12H14N2O3S.C10H9ClN2O2S.C4H7O.3C4H9.CH3.Pd.Sn/c1-5-18-8(3)11-10(14(17)19-6-2)7-15-13-12(11)16-9(4)20-13;1-4-17-6(2)9-8(12(15)16)5-13-11-10(9)14-7(3)18-11;1-3-15-10(14)6-4-12-9-8(7(6)11)13-5(2)16-9;1-3-5-4-2;3*1-3-4-2;;;/h7-8H,5-6H2,1-4H3;5-6H,4H2,1-3H3,(H,15,16);4H,3H2,1-2H3;1,4H2,2H3;3*1,3-4H2,2H3;1H3;;/q;;;;;;;-1;;. The van der Waals surface area contributed by atoms with Crippen LogP contribution in [0.3, 0.4) is 0 Å². The summed E-state index contributed by atoms with van der Waals surface area (Å²) in [4.78, 5) is 62.9. The second-order valence-electron chi connectivity index (χ2n) is 16.7. The molecule has 0 aliphatic heterocycles. The summed E-state index contributed by atoms with van der Waals surface area (Å²) in [5.74, 6) is -1.85. The molecule has 0 fully saturated rings. The number of esters is 2. The molecule has 74 heavy (non-hydrogen) atoms. The molecule has 6 aromatic rings. The molecule has 0 aliphatic rings. The number of carbonyl (C=O) groups is 3. The number of pyridine rings is 3. The summed E-state index contributed by atoms with van der Waals surface area (Å²) in [6.45, 7) is 32.6. The Morgan fingerprint density at radius 2 is 0.946 bits per heavy atom. The molecule has 15 nitrogen and oxygen atoms in total. The topological polar surface area (TPSA) is 195 Å². The molecule has 414 valence electrons. The van der Waals surface area contributed by atoms with E-state index < -0.39 is 30.3 Å². The van der Waals surface area contributed by atoms with Gasteiger partial charge in [0.2, 0.25) is 0 Å². The molecule has 6 heterocycles. The second-order valence-corrected chi connectivity index (χ2v) is 33.8. The number of rotatable bonds is 23. The third-order valence-corrected chi connectivity index (χ3v) is 29.5. The van der Waals surface area contributed by atoms with Crippen LogP contribution in [0.15, 0.2) is 28.9 Å². The molecule has 1 N–H and O–H groups in total. The van der Waals surface area contributed by atoms with Crippen molar-refractivity contribution in [3.8, 4) is 0 Å². The fourth-order valence-corrected chi connectivity index (χ4v) is 25.3. The van der Waals surface area contributed by atoms with Crippen molar-refractivity contribution < 1.29 is 63.6 Å².